The second-order valence-electron chi connectivity index (χ2n) is 9.52. The van der Waals surface area contributed by atoms with Crippen LogP contribution in [0.15, 0.2) is 65.2 Å². The highest BCUT2D eigenvalue weighted by molar-refractivity contribution is 9.10. The fourth-order valence-electron chi connectivity index (χ4n) is 6.23. The second kappa shape index (κ2) is 7.81. The maximum Gasteiger partial charge on any atom is 0.248 e. The van der Waals surface area contributed by atoms with Gasteiger partial charge in [0.1, 0.15) is 6.04 Å². The summed E-state index contributed by atoms with van der Waals surface area (Å²) in [4.78, 5) is 42.1. The van der Waals surface area contributed by atoms with Gasteiger partial charge in [-0.25, -0.2) is 0 Å². The van der Waals surface area contributed by atoms with E-state index < -0.39 is 11.9 Å². The van der Waals surface area contributed by atoms with Crippen LogP contribution in [0.2, 0.25) is 5.02 Å². The number of likely N-dealkylation sites (tertiary alicyclic amines) is 1. The first kappa shape index (κ1) is 21.1. The third-order valence-electron chi connectivity index (χ3n) is 7.77. The number of allylic oxidation sites excluding steroid dienone is 2. The minimum atomic E-state index is -0.937. The number of amides is 3. The summed E-state index contributed by atoms with van der Waals surface area (Å²) in [5.41, 5.74) is 1.33. The van der Waals surface area contributed by atoms with Crippen molar-refractivity contribution in [2.24, 2.45) is 35.5 Å². The normalized spacial score (nSPS) is 31.9. The van der Waals surface area contributed by atoms with Gasteiger partial charge in [0.15, 0.2) is 0 Å². The van der Waals surface area contributed by atoms with Crippen molar-refractivity contribution < 1.29 is 14.4 Å². The molecule has 4 aliphatic carbocycles. The summed E-state index contributed by atoms with van der Waals surface area (Å²) in [6.07, 6.45) is 5.64. The smallest absolute Gasteiger partial charge is 0.248 e. The Balaban J connectivity index is 1.34. The lowest BCUT2D eigenvalue weighted by Gasteiger charge is -2.37. The molecule has 0 spiro atoms. The molecule has 1 saturated heterocycles. The zero-order valence-corrected chi connectivity index (χ0v) is 20.0. The van der Waals surface area contributed by atoms with Gasteiger partial charge in [0.05, 0.1) is 22.5 Å². The Bertz CT molecular complexity index is 1160. The van der Waals surface area contributed by atoms with Crippen LogP contribution in [0.5, 0.6) is 0 Å². The van der Waals surface area contributed by atoms with Gasteiger partial charge < -0.3 is 5.32 Å². The number of hydrogen-bond acceptors (Lipinski definition) is 3. The van der Waals surface area contributed by atoms with Gasteiger partial charge in [0.25, 0.3) is 0 Å². The fourth-order valence-corrected chi connectivity index (χ4v) is 6.95. The van der Waals surface area contributed by atoms with E-state index >= 15 is 0 Å². The van der Waals surface area contributed by atoms with Gasteiger partial charge in [-0.2, -0.15) is 0 Å². The van der Waals surface area contributed by atoms with Crippen molar-refractivity contribution in [1.82, 2.24) is 4.90 Å². The summed E-state index contributed by atoms with van der Waals surface area (Å²) in [6, 6.07) is 13.7. The van der Waals surface area contributed by atoms with Gasteiger partial charge in [-0.3, -0.25) is 19.3 Å². The number of hydrogen-bond donors (Lipinski definition) is 1. The SMILES string of the molecule is O=C(Nc1ccc(Br)cc1Cl)C(Cc1ccccc1)N1C(=O)C2C3C=CC(C4CC34)C2C1=O. The van der Waals surface area contributed by atoms with E-state index in [2.05, 4.69) is 33.4 Å². The molecule has 7 rings (SSSR count). The monoisotopic (exact) mass is 524 g/mol. The molecule has 1 heterocycles. The molecule has 1 N–H and O–H groups in total. The van der Waals surface area contributed by atoms with E-state index in [1.165, 1.54) is 4.90 Å². The summed E-state index contributed by atoms with van der Waals surface area (Å²) in [6.45, 7) is 0. The van der Waals surface area contributed by atoms with E-state index in [0.717, 1.165) is 16.5 Å². The topological polar surface area (TPSA) is 66.5 Å². The summed E-state index contributed by atoms with van der Waals surface area (Å²) in [5, 5.41) is 3.24. The zero-order valence-electron chi connectivity index (χ0n) is 17.7. The molecule has 7 heteroatoms. The van der Waals surface area contributed by atoms with Crippen molar-refractivity contribution in [3.8, 4) is 0 Å². The predicted octanol–water partition coefficient (Wildman–Crippen LogP) is 4.71. The minimum Gasteiger partial charge on any atom is -0.323 e. The van der Waals surface area contributed by atoms with Crippen LogP contribution >= 0.6 is 27.5 Å². The van der Waals surface area contributed by atoms with Gasteiger partial charge in [-0.15, -0.1) is 0 Å². The molecule has 0 radical (unpaired) electrons. The van der Waals surface area contributed by atoms with E-state index in [4.69, 9.17) is 11.6 Å². The molecule has 2 saturated carbocycles. The molecule has 2 bridgehead atoms. The van der Waals surface area contributed by atoms with Crippen LogP contribution in [0.1, 0.15) is 12.0 Å². The molecule has 1 aliphatic heterocycles. The summed E-state index contributed by atoms with van der Waals surface area (Å²) in [5.74, 6) is -0.214. The Morgan fingerprint density at radius 2 is 1.67 bits per heavy atom. The largest absolute Gasteiger partial charge is 0.323 e. The maximum absolute atomic E-state index is 13.7. The number of imide groups is 1. The number of benzene rings is 2. The Morgan fingerprint density at radius 1 is 1.03 bits per heavy atom. The third kappa shape index (κ3) is 3.38. The molecular weight excluding hydrogens is 504 g/mol. The molecule has 2 aromatic carbocycles. The molecule has 5 aliphatic rings. The van der Waals surface area contributed by atoms with Crippen molar-refractivity contribution in [2.45, 2.75) is 18.9 Å². The van der Waals surface area contributed by atoms with E-state index in [1.54, 1.807) is 18.2 Å². The molecule has 2 aromatic rings. The highest BCUT2D eigenvalue weighted by Crippen LogP contribution is 2.65. The Kier molecular flexibility index (Phi) is 5.00. The van der Waals surface area contributed by atoms with E-state index in [0.29, 0.717) is 22.5 Å². The highest BCUT2D eigenvalue weighted by Gasteiger charge is 2.67. The molecule has 3 amide bonds. The molecule has 7 atom stereocenters. The fraction of sp³-hybridized carbons (Fsp3) is 0.346. The lowest BCUT2D eigenvalue weighted by atomic mass is 9.63. The lowest BCUT2D eigenvalue weighted by Crippen LogP contribution is -2.49. The number of rotatable bonds is 5. The standard InChI is InChI=1S/C26H22BrClN2O3/c27-14-6-9-20(19(28)11-14)29-24(31)21(10-13-4-2-1-3-5-13)30-25(32)22-15-7-8-16(18-12-17(15)18)23(22)26(30)33/h1-9,11,15-18,21-23H,10,12H2,(H,29,31). The first-order valence-electron chi connectivity index (χ1n) is 11.3. The first-order valence-corrected chi connectivity index (χ1v) is 12.5. The van der Waals surface area contributed by atoms with Crippen LogP contribution < -0.4 is 5.32 Å². The summed E-state index contributed by atoms with van der Waals surface area (Å²) < 4.78 is 0.793. The summed E-state index contributed by atoms with van der Waals surface area (Å²) >= 11 is 9.69. The van der Waals surface area contributed by atoms with Gasteiger partial charge in [0, 0.05) is 10.9 Å². The number of carbonyl (C=O) groups excluding carboxylic acids is 3. The van der Waals surface area contributed by atoms with Crippen LogP contribution in [-0.4, -0.2) is 28.7 Å². The van der Waals surface area contributed by atoms with E-state index in [1.807, 2.05) is 30.3 Å². The molecule has 5 nitrogen and oxygen atoms in total. The van der Waals surface area contributed by atoms with E-state index in [9.17, 15) is 14.4 Å². The number of carbonyl (C=O) groups is 3. The Labute approximate surface area is 205 Å². The van der Waals surface area contributed by atoms with Gasteiger partial charge in [0.2, 0.25) is 17.7 Å². The quantitative estimate of drug-likeness (QED) is 0.454. The van der Waals surface area contributed by atoms with Crippen LogP contribution in [0.3, 0.4) is 0 Å². The van der Waals surface area contributed by atoms with Crippen LogP contribution in [0.25, 0.3) is 0 Å². The molecule has 3 fully saturated rings. The lowest BCUT2D eigenvalue weighted by molar-refractivity contribution is -0.146. The Hall–Kier alpha value is -2.44. The van der Waals surface area contributed by atoms with Crippen molar-refractivity contribution in [1.29, 1.82) is 0 Å². The zero-order chi connectivity index (χ0) is 22.9. The molecule has 168 valence electrons. The van der Waals surface area contributed by atoms with Crippen molar-refractivity contribution in [3.63, 3.8) is 0 Å². The highest BCUT2D eigenvalue weighted by atomic mass is 79.9. The second-order valence-corrected chi connectivity index (χ2v) is 10.8. The predicted molar refractivity (Wildman–Crippen MR) is 128 cm³/mol. The van der Waals surface area contributed by atoms with Crippen LogP contribution in [0, 0.1) is 35.5 Å². The number of nitrogens with one attached hydrogen (secondary N) is 1. The Morgan fingerprint density at radius 3 is 2.27 bits per heavy atom. The average Bonchev–Trinajstić information content (AvgIpc) is 3.59. The third-order valence-corrected chi connectivity index (χ3v) is 8.58. The van der Waals surface area contributed by atoms with Crippen molar-refractivity contribution in [3.05, 3.63) is 75.7 Å². The van der Waals surface area contributed by atoms with E-state index in [-0.39, 0.29) is 41.9 Å². The number of halogens is 2. The van der Waals surface area contributed by atoms with Crippen molar-refractivity contribution >= 4 is 50.9 Å². The molecule has 0 aromatic heterocycles. The van der Waals surface area contributed by atoms with Crippen LogP contribution in [0.4, 0.5) is 5.69 Å². The average molecular weight is 526 g/mol. The van der Waals surface area contributed by atoms with Crippen LogP contribution in [-0.2, 0) is 20.8 Å². The van der Waals surface area contributed by atoms with Crippen molar-refractivity contribution in [2.75, 3.05) is 5.32 Å². The van der Waals surface area contributed by atoms with Gasteiger partial charge in [-0.1, -0.05) is 70.0 Å². The maximum atomic E-state index is 13.7. The molecule has 7 unspecified atom stereocenters. The molecular formula is C26H22BrClN2O3. The molecule has 33 heavy (non-hydrogen) atoms. The van der Waals surface area contributed by atoms with Gasteiger partial charge in [-0.05, 0) is 53.9 Å². The number of nitrogens with zero attached hydrogens (tertiary/aromatic N) is 1. The van der Waals surface area contributed by atoms with Gasteiger partial charge >= 0.3 is 0 Å². The first-order chi connectivity index (χ1) is 15.9. The summed E-state index contributed by atoms with van der Waals surface area (Å²) in [7, 11) is 0. The number of anilines is 1. The minimum absolute atomic E-state index is 0.118.